The van der Waals surface area contributed by atoms with Crippen molar-refractivity contribution in [2.24, 2.45) is 0 Å². The summed E-state index contributed by atoms with van der Waals surface area (Å²) in [7, 11) is -2.11. The average molecular weight is 331 g/mol. The Balaban J connectivity index is 2.25. The van der Waals surface area contributed by atoms with E-state index in [1.807, 2.05) is 37.3 Å². The summed E-state index contributed by atoms with van der Waals surface area (Å²) >= 11 is 0. The standard InChI is InChI=1S/C18H21NO3S/c1-14-9-11-17(12-10-14)23(20,21)19-18(13-22-3)15(2)16-7-5-4-6-8-16/h4-12,18-19H,2,13H2,1,3H3. The van der Waals surface area contributed by atoms with E-state index in [2.05, 4.69) is 11.3 Å². The van der Waals surface area contributed by atoms with Crippen LogP contribution in [0.1, 0.15) is 11.1 Å². The second-order valence-electron chi connectivity index (χ2n) is 5.33. The van der Waals surface area contributed by atoms with Crippen LogP contribution in [0.5, 0.6) is 0 Å². The van der Waals surface area contributed by atoms with Gasteiger partial charge in [0.1, 0.15) is 0 Å². The molecule has 0 amide bonds. The highest BCUT2D eigenvalue weighted by Crippen LogP contribution is 2.19. The topological polar surface area (TPSA) is 55.4 Å². The van der Waals surface area contributed by atoms with E-state index in [4.69, 9.17) is 4.74 Å². The predicted molar refractivity (Wildman–Crippen MR) is 92.6 cm³/mol. The third kappa shape index (κ3) is 4.51. The minimum Gasteiger partial charge on any atom is -0.383 e. The average Bonchev–Trinajstić information content (AvgIpc) is 2.55. The molecule has 2 aromatic carbocycles. The maximum absolute atomic E-state index is 12.6. The van der Waals surface area contributed by atoms with Crippen LogP contribution in [-0.2, 0) is 14.8 Å². The number of methoxy groups -OCH3 is 1. The van der Waals surface area contributed by atoms with Crippen molar-refractivity contribution >= 4 is 15.6 Å². The van der Waals surface area contributed by atoms with Gasteiger partial charge in [-0.15, -0.1) is 0 Å². The molecule has 1 N–H and O–H groups in total. The molecule has 0 spiro atoms. The van der Waals surface area contributed by atoms with Gasteiger partial charge in [-0.2, -0.15) is 0 Å². The zero-order valence-corrected chi connectivity index (χ0v) is 14.1. The number of hydrogen-bond acceptors (Lipinski definition) is 3. The number of nitrogens with one attached hydrogen (secondary N) is 1. The molecular formula is C18H21NO3S. The van der Waals surface area contributed by atoms with Crippen molar-refractivity contribution in [1.29, 1.82) is 0 Å². The van der Waals surface area contributed by atoms with Gasteiger partial charge in [-0.1, -0.05) is 54.6 Å². The molecule has 0 aliphatic carbocycles. The van der Waals surface area contributed by atoms with Crippen molar-refractivity contribution < 1.29 is 13.2 Å². The monoisotopic (exact) mass is 331 g/mol. The molecule has 0 heterocycles. The molecular weight excluding hydrogens is 310 g/mol. The van der Waals surface area contributed by atoms with E-state index in [0.29, 0.717) is 5.57 Å². The van der Waals surface area contributed by atoms with E-state index in [-0.39, 0.29) is 11.5 Å². The Morgan fingerprint density at radius 3 is 2.30 bits per heavy atom. The second-order valence-corrected chi connectivity index (χ2v) is 7.05. The largest absolute Gasteiger partial charge is 0.383 e. The third-order valence-electron chi connectivity index (χ3n) is 3.53. The fourth-order valence-electron chi connectivity index (χ4n) is 2.20. The Hall–Kier alpha value is -1.95. The van der Waals surface area contributed by atoms with E-state index in [9.17, 15) is 8.42 Å². The van der Waals surface area contributed by atoms with Crippen LogP contribution in [0.4, 0.5) is 0 Å². The van der Waals surface area contributed by atoms with Crippen molar-refractivity contribution in [1.82, 2.24) is 4.72 Å². The second kappa shape index (κ2) is 7.55. The van der Waals surface area contributed by atoms with Gasteiger partial charge >= 0.3 is 0 Å². The number of rotatable bonds is 7. The van der Waals surface area contributed by atoms with Crippen LogP contribution in [0.15, 0.2) is 66.1 Å². The summed E-state index contributed by atoms with van der Waals surface area (Å²) in [4.78, 5) is 0.227. The lowest BCUT2D eigenvalue weighted by molar-refractivity contribution is 0.190. The van der Waals surface area contributed by atoms with E-state index < -0.39 is 16.1 Å². The molecule has 0 bridgehead atoms. The quantitative estimate of drug-likeness (QED) is 0.848. The molecule has 0 radical (unpaired) electrons. The molecule has 2 rings (SSSR count). The summed E-state index contributed by atoms with van der Waals surface area (Å²) in [5.74, 6) is 0. The predicted octanol–water partition coefficient (Wildman–Crippen LogP) is 3.00. The van der Waals surface area contributed by atoms with Gasteiger partial charge in [-0.3, -0.25) is 0 Å². The molecule has 0 aromatic heterocycles. The molecule has 2 aromatic rings. The molecule has 0 saturated heterocycles. The molecule has 0 aliphatic rings. The molecule has 1 atom stereocenters. The van der Waals surface area contributed by atoms with E-state index in [1.54, 1.807) is 24.3 Å². The van der Waals surface area contributed by atoms with Gasteiger partial charge in [0.05, 0.1) is 17.5 Å². The van der Waals surface area contributed by atoms with Gasteiger partial charge in [0.25, 0.3) is 0 Å². The Labute approximate surface area is 137 Å². The lowest BCUT2D eigenvalue weighted by Gasteiger charge is -2.21. The van der Waals surface area contributed by atoms with Crippen LogP contribution < -0.4 is 4.72 Å². The molecule has 0 aliphatic heterocycles. The summed E-state index contributed by atoms with van der Waals surface area (Å²) in [6.07, 6.45) is 0. The number of hydrogen-bond donors (Lipinski definition) is 1. The van der Waals surface area contributed by atoms with Crippen molar-refractivity contribution in [2.45, 2.75) is 17.9 Å². The van der Waals surface area contributed by atoms with E-state index >= 15 is 0 Å². The van der Waals surface area contributed by atoms with Gasteiger partial charge < -0.3 is 4.74 Å². The Morgan fingerprint density at radius 1 is 1.13 bits per heavy atom. The fraction of sp³-hybridized carbons (Fsp3) is 0.222. The van der Waals surface area contributed by atoms with Crippen LogP contribution >= 0.6 is 0 Å². The highest BCUT2D eigenvalue weighted by molar-refractivity contribution is 7.89. The lowest BCUT2D eigenvalue weighted by atomic mass is 10.0. The molecule has 4 nitrogen and oxygen atoms in total. The highest BCUT2D eigenvalue weighted by atomic mass is 32.2. The third-order valence-corrected chi connectivity index (χ3v) is 5.01. The first-order valence-electron chi connectivity index (χ1n) is 7.26. The Morgan fingerprint density at radius 2 is 1.74 bits per heavy atom. The van der Waals surface area contributed by atoms with Gasteiger partial charge in [0.15, 0.2) is 0 Å². The first kappa shape index (κ1) is 17.4. The summed E-state index contributed by atoms with van der Waals surface area (Å²) in [6, 6.07) is 15.7. The first-order valence-corrected chi connectivity index (χ1v) is 8.74. The molecule has 0 saturated carbocycles. The van der Waals surface area contributed by atoms with Gasteiger partial charge in [-0.05, 0) is 30.2 Å². The molecule has 1 unspecified atom stereocenters. The molecule has 0 fully saturated rings. The van der Waals surface area contributed by atoms with Crippen molar-refractivity contribution in [3.63, 3.8) is 0 Å². The van der Waals surface area contributed by atoms with Crippen LogP contribution in [0, 0.1) is 6.92 Å². The first-order chi connectivity index (χ1) is 10.9. The van der Waals surface area contributed by atoms with Gasteiger partial charge in [-0.25, -0.2) is 13.1 Å². The van der Waals surface area contributed by atoms with Crippen molar-refractivity contribution in [2.75, 3.05) is 13.7 Å². The normalized spacial score (nSPS) is 12.8. The van der Waals surface area contributed by atoms with Crippen LogP contribution in [0.25, 0.3) is 5.57 Å². The lowest BCUT2D eigenvalue weighted by Crippen LogP contribution is -2.38. The van der Waals surface area contributed by atoms with Crippen molar-refractivity contribution in [3.05, 3.63) is 72.3 Å². The number of sulfonamides is 1. The summed E-state index contributed by atoms with van der Waals surface area (Å²) in [5.41, 5.74) is 2.55. The maximum Gasteiger partial charge on any atom is 0.241 e. The molecule has 23 heavy (non-hydrogen) atoms. The minimum atomic E-state index is -3.64. The summed E-state index contributed by atoms with van der Waals surface area (Å²) in [5, 5.41) is 0. The van der Waals surface area contributed by atoms with Crippen LogP contribution in [0.3, 0.4) is 0 Å². The number of benzene rings is 2. The maximum atomic E-state index is 12.6. The highest BCUT2D eigenvalue weighted by Gasteiger charge is 2.22. The van der Waals surface area contributed by atoms with Crippen LogP contribution in [0.2, 0.25) is 0 Å². The smallest absolute Gasteiger partial charge is 0.241 e. The molecule has 5 heteroatoms. The summed E-state index contributed by atoms with van der Waals surface area (Å²) < 4.78 is 32.9. The Bertz CT molecular complexity index is 753. The SMILES string of the molecule is C=C(c1ccccc1)C(COC)NS(=O)(=O)c1ccc(C)cc1. The Kier molecular flexibility index (Phi) is 5.71. The summed E-state index contributed by atoms with van der Waals surface area (Å²) in [6.45, 7) is 6.15. The van der Waals surface area contributed by atoms with E-state index in [0.717, 1.165) is 11.1 Å². The van der Waals surface area contributed by atoms with Crippen molar-refractivity contribution in [3.8, 4) is 0 Å². The fourth-order valence-corrected chi connectivity index (χ4v) is 3.41. The number of aryl methyl sites for hydroxylation is 1. The number of ether oxygens (including phenoxy) is 1. The zero-order chi connectivity index (χ0) is 16.9. The minimum absolute atomic E-state index is 0.207. The molecule has 122 valence electrons. The van der Waals surface area contributed by atoms with Gasteiger partial charge in [0.2, 0.25) is 10.0 Å². The van der Waals surface area contributed by atoms with E-state index in [1.165, 1.54) is 7.11 Å². The van der Waals surface area contributed by atoms with Crippen LogP contribution in [-0.4, -0.2) is 28.2 Å². The zero-order valence-electron chi connectivity index (χ0n) is 13.3. The van der Waals surface area contributed by atoms with Gasteiger partial charge in [0, 0.05) is 7.11 Å².